The number of hydrogen-bond donors (Lipinski definition) is 0. The third-order valence-corrected chi connectivity index (χ3v) is 1.89. The fourth-order valence-corrected chi connectivity index (χ4v) is 1.11. The quantitative estimate of drug-likeness (QED) is 0.644. The first kappa shape index (κ1) is 9.47. The van der Waals surface area contributed by atoms with Crippen LogP contribution in [0.3, 0.4) is 0 Å². The standard InChI is InChI=1S/C11H11NO/c1-3-10(13)8-9-6-4-5-7-11(9)12-2/h4-7H,3,8H2,1H3. The smallest absolute Gasteiger partial charge is 0.190 e. The maximum Gasteiger partial charge on any atom is 0.190 e. The number of para-hydroxylation sites is 1. The van der Waals surface area contributed by atoms with Gasteiger partial charge in [-0.1, -0.05) is 31.2 Å². The molecule has 0 N–H and O–H groups in total. The van der Waals surface area contributed by atoms with Gasteiger partial charge in [0.1, 0.15) is 5.78 Å². The largest absolute Gasteiger partial charge is 0.299 e. The highest BCUT2D eigenvalue weighted by molar-refractivity contribution is 5.82. The molecule has 0 aliphatic heterocycles. The second-order valence-corrected chi connectivity index (χ2v) is 2.81. The predicted octanol–water partition coefficient (Wildman–Crippen LogP) is 2.76. The highest BCUT2D eigenvalue weighted by Gasteiger charge is 2.04. The summed E-state index contributed by atoms with van der Waals surface area (Å²) < 4.78 is 0. The lowest BCUT2D eigenvalue weighted by molar-refractivity contribution is -0.118. The molecule has 0 aliphatic carbocycles. The van der Waals surface area contributed by atoms with Gasteiger partial charge in [0.05, 0.1) is 6.57 Å². The molecule has 0 saturated heterocycles. The van der Waals surface area contributed by atoms with Gasteiger partial charge in [-0.25, -0.2) is 4.85 Å². The Morgan fingerprint density at radius 2 is 2.15 bits per heavy atom. The van der Waals surface area contributed by atoms with Gasteiger partial charge in [-0.15, -0.1) is 0 Å². The summed E-state index contributed by atoms with van der Waals surface area (Å²) in [6.45, 7) is 8.74. The van der Waals surface area contributed by atoms with Crippen molar-refractivity contribution in [3.63, 3.8) is 0 Å². The van der Waals surface area contributed by atoms with E-state index in [1.165, 1.54) is 0 Å². The zero-order valence-electron chi connectivity index (χ0n) is 7.58. The molecule has 1 aromatic rings. The van der Waals surface area contributed by atoms with Crippen LogP contribution in [0, 0.1) is 6.57 Å². The van der Waals surface area contributed by atoms with Crippen LogP contribution in [-0.4, -0.2) is 5.78 Å². The van der Waals surface area contributed by atoms with Crippen LogP contribution < -0.4 is 0 Å². The Hall–Kier alpha value is -1.62. The highest BCUT2D eigenvalue weighted by Crippen LogP contribution is 2.19. The van der Waals surface area contributed by atoms with Crippen molar-refractivity contribution < 1.29 is 4.79 Å². The summed E-state index contributed by atoms with van der Waals surface area (Å²) in [6.07, 6.45) is 0.918. The van der Waals surface area contributed by atoms with Gasteiger partial charge in [0.25, 0.3) is 0 Å². The topological polar surface area (TPSA) is 21.4 Å². The van der Waals surface area contributed by atoms with E-state index in [-0.39, 0.29) is 5.78 Å². The van der Waals surface area contributed by atoms with Gasteiger partial charge in [-0.3, -0.25) is 4.79 Å². The van der Waals surface area contributed by atoms with E-state index in [1.807, 2.05) is 25.1 Å². The number of carbonyl (C=O) groups excluding carboxylic acids is 1. The van der Waals surface area contributed by atoms with Gasteiger partial charge in [-0.05, 0) is 5.56 Å². The summed E-state index contributed by atoms with van der Waals surface area (Å²) in [5.74, 6) is 0.177. The van der Waals surface area contributed by atoms with Gasteiger partial charge in [-0.2, -0.15) is 0 Å². The maximum absolute atomic E-state index is 11.1. The molecule has 0 aromatic heterocycles. The molecule has 0 atom stereocenters. The number of carbonyl (C=O) groups is 1. The molecular weight excluding hydrogens is 162 g/mol. The van der Waals surface area contributed by atoms with E-state index in [2.05, 4.69) is 4.85 Å². The Morgan fingerprint density at radius 3 is 2.77 bits per heavy atom. The van der Waals surface area contributed by atoms with Crippen molar-refractivity contribution in [3.8, 4) is 0 Å². The molecule has 0 amide bonds. The van der Waals surface area contributed by atoms with E-state index in [9.17, 15) is 4.79 Å². The predicted molar refractivity (Wildman–Crippen MR) is 51.7 cm³/mol. The zero-order chi connectivity index (χ0) is 9.68. The lowest BCUT2D eigenvalue weighted by atomic mass is 10.1. The van der Waals surface area contributed by atoms with Gasteiger partial charge < -0.3 is 0 Å². The van der Waals surface area contributed by atoms with Crippen molar-refractivity contribution in [3.05, 3.63) is 41.2 Å². The van der Waals surface area contributed by atoms with Crippen molar-refractivity contribution >= 4 is 11.5 Å². The van der Waals surface area contributed by atoms with Crippen molar-refractivity contribution in [1.82, 2.24) is 0 Å². The van der Waals surface area contributed by atoms with Crippen LogP contribution in [0.4, 0.5) is 5.69 Å². The molecule has 2 nitrogen and oxygen atoms in total. The first-order chi connectivity index (χ1) is 6.27. The monoisotopic (exact) mass is 173 g/mol. The molecule has 66 valence electrons. The first-order valence-electron chi connectivity index (χ1n) is 4.25. The van der Waals surface area contributed by atoms with Gasteiger partial charge >= 0.3 is 0 Å². The molecule has 1 rings (SSSR count). The average Bonchev–Trinajstić information content (AvgIpc) is 2.18. The average molecular weight is 173 g/mol. The minimum Gasteiger partial charge on any atom is -0.299 e. The van der Waals surface area contributed by atoms with E-state index in [4.69, 9.17) is 6.57 Å². The minimum atomic E-state index is 0.177. The molecule has 0 aliphatic rings. The third kappa shape index (κ3) is 2.41. The van der Waals surface area contributed by atoms with Crippen LogP contribution in [0.2, 0.25) is 0 Å². The normalized spacial score (nSPS) is 9.23. The number of ketones is 1. The SMILES string of the molecule is [C-]#[N+]c1ccccc1CC(=O)CC. The molecule has 0 saturated carbocycles. The van der Waals surface area contributed by atoms with Crippen molar-refractivity contribution in [2.45, 2.75) is 19.8 Å². The van der Waals surface area contributed by atoms with Crippen LogP contribution in [-0.2, 0) is 11.2 Å². The van der Waals surface area contributed by atoms with Crippen molar-refractivity contribution in [2.24, 2.45) is 0 Å². The molecule has 0 bridgehead atoms. The summed E-state index contributed by atoms with van der Waals surface area (Å²) in [4.78, 5) is 14.5. The third-order valence-electron chi connectivity index (χ3n) is 1.89. The molecule has 2 heteroatoms. The van der Waals surface area contributed by atoms with E-state index in [1.54, 1.807) is 6.07 Å². The van der Waals surface area contributed by atoms with E-state index in [0.717, 1.165) is 5.56 Å². The fourth-order valence-electron chi connectivity index (χ4n) is 1.11. The van der Waals surface area contributed by atoms with Gasteiger partial charge in [0.2, 0.25) is 0 Å². The number of hydrogen-bond acceptors (Lipinski definition) is 1. The number of nitrogens with zero attached hydrogens (tertiary/aromatic N) is 1. The van der Waals surface area contributed by atoms with Crippen molar-refractivity contribution in [2.75, 3.05) is 0 Å². The van der Waals surface area contributed by atoms with Crippen LogP contribution >= 0.6 is 0 Å². The molecule has 1 aromatic carbocycles. The van der Waals surface area contributed by atoms with Crippen LogP contribution in [0.15, 0.2) is 24.3 Å². The molecular formula is C11H11NO. The maximum atomic E-state index is 11.1. The molecule has 0 spiro atoms. The number of rotatable bonds is 3. The number of benzene rings is 1. The minimum absolute atomic E-state index is 0.177. The molecule has 0 heterocycles. The zero-order valence-corrected chi connectivity index (χ0v) is 7.58. The summed E-state index contributed by atoms with van der Waals surface area (Å²) in [5.41, 5.74) is 1.42. The molecule has 13 heavy (non-hydrogen) atoms. The van der Waals surface area contributed by atoms with E-state index < -0.39 is 0 Å². The first-order valence-corrected chi connectivity index (χ1v) is 4.25. The van der Waals surface area contributed by atoms with Gasteiger partial charge in [0, 0.05) is 12.8 Å². The number of Topliss-reactive ketones (excluding diaryl/α,β-unsaturated/α-hetero) is 1. The second-order valence-electron chi connectivity index (χ2n) is 2.81. The Morgan fingerprint density at radius 1 is 1.46 bits per heavy atom. The summed E-state index contributed by atoms with van der Waals surface area (Å²) in [6, 6.07) is 7.24. The Kier molecular flexibility index (Phi) is 3.22. The summed E-state index contributed by atoms with van der Waals surface area (Å²) >= 11 is 0. The Labute approximate surface area is 78.0 Å². The van der Waals surface area contributed by atoms with Crippen molar-refractivity contribution in [1.29, 1.82) is 0 Å². The van der Waals surface area contributed by atoms with E-state index in [0.29, 0.717) is 18.5 Å². The van der Waals surface area contributed by atoms with Crippen LogP contribution in [0.5, 0.6) is 0 Å². The lowest BCUT2D eigenvalue weighted by Gasteiger charge is -2.00. The lowest BCUT2D eigenvalue weighted by Crippen LogP contribution is -1.99. The van der Waals surface area contributed by atoms with Crippen LogP contribution in [0.1, 0.15) is 18.9 Å². The highest BCUT2D eigenvalue weighted by atomic mass is 16.1. The van der Waals surface area contributed by atoms with Gasteiger partial charge in [0.15, 0.2) is 5.69 Å². The molecule has 0 radical (unpaired) electrons. The van der Waals surface area contributed by atoms with E-state index >= 15 is 0 Å². The fraction of sp³-hybridized carbons (Fsp3) is 0.273. The van der Waals surface area contributed by atoms with Crippen LogP contribution in [0.25, 0.3) is 4.85 Å². The second kappa shape index (κ2) is 4.42. The Bertz CT molecular complexity index is 349. The molecule has 0 fully saturated rings. The Balaban J connectivity index is 2.89. The summed E-state index contributed by atoms with van der Waals surface area (Å²) in [7, 11) is 0. The molecule has 0 unspecified atom stereocenters. The summed E-state index contributed by atoms with van der Waals surface area (Å²) in [5, 5.41) is 0.